The molecular formula is C15H21N3O3. The highest BCUT2D eigenvalue weighted by molar-refractivity contribution is 5.82. The molecule has 0 aliphatic carbocycles. The zero-order chi connectivity index (χ0) is 15.4. The predicted molar refractivity (Wildman–Crippen MR) is 80.1 cm³/mol. The Morgan fingerprint density at radius 3 is 2.67 bits per heavy atom. The fourth-order valence-corrected chi connectivity index (χ4v) is 2.40. The maximum atomic E-state index is 12.3. The number of aromatic nitrogens is 2. The maximum Gasteiger partial charge on any atom is 0.242 e. The third-order valence-electron chi connectivity index (χ3n) is 3.59. The van der Waals surface area contributed by atoms with Crippen molar-refractivity contribution in [3.05, 3.63) is 24.0 Å². The van der Waals surface area contributed by atoms with E-state index in [1.54, 1.807) is 22.6 Å². The minimum atomic E-state index is -0.206. The van der Waals surface area contributed by atoms with Crippen LogP contribution in [0.5, 0.6) is 5.75 Å². The third kappa shape index (κ3) is 3.00. The summed E-state index contributed by atoms with van der Waals surface area (Å²) in [6.07, 6.45) is 0. The molecule has 0 unspecified atom stereocenters. The zero-order valence-corrected chi connectivity index (χ0v) is 12.7. The van der Waals surface area contributed by atoms with Gasteiger partial charge in [-0.15, -0.1) is 0 Å². The highest BCUT2D eigenvalue weighted by atomic mass is 16.5. The summed E-state index contributed by atoms with van der Waals surface area (Å²) in [7, 11) is 1.59. The van der Waals surface area contributed by atoms with Gasteiger partial charge in [0, 0.05) is 19.2 Å². The van der Waals surface area contributed by atoms with Gasteiger partial charge in [-0.05, 0) is 26.0 Å². The fraction of sp³-hybridized carbons (Fsp3) is 0.467. The number of carbonyl (C=O) groups is 1. The van der Waals surface area contributed by atoms with Crippen LogP contribution >= 0.6 is 0 Å². The Balaban J connectivity index is 2.40. The quantitative estimate of drug-likeness (QED) is 0.873. The van der Waals surface area contributed by atoms with Crippen LogP contribution in [0.2, 0.25) is 0 Å². The van der Waals surface area contributed by atoms with Gasteiger partial charge in [0.2, 0.25) is 5.91 Å². The van der Waals surface area contributed by atoms with E-state index in [0.717, 1.165) is 5.52 Å². The van der Waals surface area contributed by atoms with Gasteiger partial charge < -0.3 is 19.3 Å². The van der Waals surface area contributed by atoms with Crippen LogP contribution in [-0.4, -0.2) is 45.7 Å². The lowest BCUT2D eigenvalue weighted by Crippen LogP contribution is -2.33. The summed E-state index contributed by atoms with van der Waals surface area (Å²) in [5, 5.41) is 9.47. The highest BCUT2D eigenvalue weighted by Gasteiger charge is 2.16. The Bertz CT molecular complexity index is 632. The Morgan fingerprint density at radius 2 is 2.10 bits per heavy atom. The minimum absolute atomic E-state index is 0.0184. The number of ether oxygens (including phenoxy) is 1. The molecule has 1 aromatic carbocycles. The van der Waals surface area contributed by atoms with Crippen LogP contribution in [-0.2, 0) is 17.9 Å². The number of amides is 1. The van der Waals surface area contributed by atoms with E-state index in [0.29, 0.717) is 30.2 Å². The van der Waals surface area contributed by atoms with Gasteiger partial charge in [-0.25, -0.2) is 4.98 Å². The molecule has 114 valence electrons. The summed E-state index contributed by atoms with van der Waals surface area (Å²) in [6.45, 7) is 5.22. The molecule has 2 rings (SSSR count). The van der Waals surface area contributed by atoms with E-state index >= 15 is 0 Å². The number of imidazole rings is 1. The van der Waals surface area contributed by atoms with Gasteiger partial charge in [0.05, 0.1) is 18.1 Å². The van der Waals surface area contributed by atoms with Crippen LogP contribution in [0.4, 0.5) is 0 Å². The number of nitrogens with zero attached hydrogens (tertiary/aromatic N) is 3. The predicted octanol–water partition coefficient (Wildman–Crippen LogP) is 1.41. The van der Waals surface area contributed by atoms with Gasteiger partial charge in [0.1, 0.15) is 24.7 Å². The monoisotopic (exact) mass is 291 g/mol. The number of aliphatic hydroxyl groups is 1. The molecule has 0 saturated heterocycles. The van der Waals surface area contributed by atoms with E-state index in [1.807, 2.05) is 26.0 Å². The van der Waals surface area contributed by atoms with Crippen molar-refractivity contribution in [3.63, 3.8) is 0 Å². The first-order valence-electron chi connectivity index (χ1n) is 7.06. The first kappa shape index (κ1) is 15.3. The summed E-state index contributed by atoms with van der Waals surface area (Å²) in [4.78, 5) is 18.4. The molecule has 0 atom stereocenters. The molecule has 1 heterocycles. The van der Waals surface area contributed by atoms with Crippen molar-refractivity contribution in [3.8, 4) is 5.75 Å². The molecule has 0 spiro atoms. The number of hydrogen-bond acceptors (Lipinski definition) is 4. The molecule has 6 nitrogen and oxygen atoms in total. The number of carbonyl (C=O) groups excluding carboxylic acids is 1. The number of fused-ring (bicyclic) bond motifs is 1. The molecule has 6 heteroatoms. The summed E-state index contributed by atoms with van der Waals surface area (Å²) in [6, 6.07) is 5.48. The number of rotatable bonds is 6. The molecule has 0 fully saturated rings. The molecule has 0 aliphatic rings. The first-order chi connectivity index (χ1) is 10.1. The summed E-state index contributed by atoms with van der Waals surface area (Å²) >= 11 is 0. The van der Waals surface area contributed by atoms with Crippen molar-refractivity contribution in [2.24, 2.45) is 0 Å². The molecule has 1 amide bonds. The lowest BCUT2D eigenvalue weighted by molar-refractivity contribution is -0.131. The topological polar surface area (TPSA) is 67.6 Å². The molecule has 0 radical (unpaired) electrons. The van der Waals surface area contributed by atoms with Crippen LogP contribution in [0.15, 0.2) is 18.2 Å². The number of hydrogen-bond donors (Lipinski definition) is 1. The molecule has 0 aliphatic heterocycles. The molecule has 1 aromatic heterocycles. The molecule has 21 heavy (non-hydrogen) atoms. The van der Waals surface area contributed by atoms with Crippen molar-refractivity contribution < 1.29 is 14.6 Å². The van der Waals surface area contributed by atoms with Crippen LogP contribution in [0.1, 0.15) is 19.7 Å². The minimum Gasteiger partial charge on any atom is -0.497 e. The van der Waals surface area contributed by atoms with E-state index in [-0.39, 0.29) is 19.1 Å². The largest absolute Gasteiger partial charge is 0.497 e. The molecular weight excluding hydrogens is 270 g/mol. The highest BCUT2D eigenvalue weighted by Crippen LogP contribution is 2.22. The SMILES string of the molecule is CCN(CC)C(=O)Cn1c(CO)nc2cc(OC)ccc21. The Labute approximate surface area is 124 Å². The van der Waals surface area contributed by atoms with E-state index in [4.69, 9.17) is 4.74 Å². The van der Waals surface area contributed by atoms with Gasteiger partial charge in [0.25, 0.3) is 0 Å². The number of methoxy groups -OCH3 is 1. The molecule has 0 saturated carbocycles. The van der Waals surface area contributed by atoms with Gasteiger partial charge in [0.15, 0.2) is 0 Å². The van der Waals surface area contributed by atoms with E-state index in [2.05, 4.69) is 4.98 Å². The Morgan fingerprint density at radius 1 is 1.38 bits per heavy atom. The van der Waals surface area contributed by atoms with E-state index < -0.39 is 0 Å². The van der Waals surface area contributed by atoms with E-state index in [9.17, 15) is 9.90 Å². The molecule has 2 aromatic rings. The van der Waals surface area contributed by atoms with Crippen molar-refractivity contribution >= 4 is 16.9 Å². The standard InChI is InChI=1S/C15H21N3O3/c1-4-17(5-2)15(20)9-18-13-7-6-11(21-3)8-12(13)16-14(18)10-19/h6-8,19H,4-5,9-10H2,1-3H3. The lowest BCUT2D eigenvalue weighted by Gasteiger charge is -2.19. The lowest BCUT2D eigenvalue weighted by atomic mass is 10.3. The first-order valence-corrected chi connectivity index (χ1v) is 7.06. The van der Waals surface area contributed by atoms with Crippen LogP contribution in [0.3, 0.4) is 0 Å². The summed E-state index contributed by atoms with van der Waals surface area (Å²) < 4.78 is 6.93. The second-order valence-corrected chi connectivity index (χ2v) is 4.69. The number of aliphatic hydroxyl groups excluding tert-OH is 1. The molecule has 1 N–H and O–H groups in total. The number of likely N-dealkylation sites (N-methyl/N-ethyl adjacent to an activating group) is 1. The third-order valence-corrected chi connectivity index (χ3v) is 3.59. The van der Waals surface area contributed by atoms with Gasteiger partial charge in [-0.2, -0.15) is 0 Å². The van der Waals surface area contributed by atoms with Crippen LogP contribution in [0.25, 0.3) is 11.0 Å². The average molecular weight is 291 g/mol. The Hall–Kier alpha value is -2.08. The number of benzene rings is 1. The normalized spacial score (nSPS) is 10.9. The van der Waals surface area contributed by atoms with Crippen LogP contribution in [0, 0.1) is 0 Å². The van der Waals surface area contributed by atoms with Crippen molar-refractivity contribution in [1.82, 2.24) is 14.5 Å². The Kier molecular flexibility index (Phi) is 4.80. The summed E-state index contributed by atoms with van der Waals surface area (Å²) in [5.74, 6) is 1.20. The second kappa shape index (κ2) is 6.58. The average Bonchev–Trinajstić information content (AvgIpc) is 2.85. The van der Waals surface area contributed by atoms with E-state index in [1.165, 1.54) is 0 Å². The van der Waals surface area contributed by atoms with Gasteiger partial charge in [-0.3, -0.25) is 4.79 Å². The van der Waals surface area contributed by atoms with Crippen LogP contribution < -0.4 is 4.74 Å². The summed E-state index contributed by atoms with van der Waals surface area (Å²) in [5.41, 5.74) is 1.53. The smallest absolute Gasteiger partial charge is 0.242 e. The van der Waals surface area contributed by atoms with Gasteiger partial charge in [-0.1, -0.05) is 0 Å². The second-order valence-electron chi connectivity index (χ2n) is 4.69. The fourth-order valence-electron chi connectivity index (χ4n) is 2.40. The van der Waals surface area contributed by atoms with Gasteiger partial charge >= 0.3 is 0 Å². The zero-order valence-electron chi connectivity index (χ0n) is 12.7. The maximum absolute atomic E-state index is 12.3. The molecule has 0 bridgehead atoms. The van der Waals surface area contributed by atoms with Crippen molar-refractivity contribution in [2.45, 2.75) is 27.0 Å². The van der Waals surface area contributed by atoms with Crippen molar-refractivity contribution in [2.75, 3.05) is 20.2 Å². The van der Waals surface area contributed by atoms with Crippen molar-refractivity contribution in [1.29, 1.82) is 0 Å².